The predicted octanol–water partition coefficient (Wildman–Crippen LogP) is 3.07. The van der Waals surface area contributed by atoms with Gasteiger partial charge in [0.1, 0.15) is 0 Å². The number of piperidine rings is 1. The number of carbonyl (C=O) groups is 2. The maximum absolute atomic E-state index is 13.2. The average molecular weight is 491 g/mol. The van der Waals surface area contributed by atoms with Gasteiger partial charge in [0.25, 0.3) is 0 Å². The summed E-state index contributed by atoms with van der Waals surface area (Å²) in [6, 6.07) is 10.1. The van der Waals surface area contributed by atoms with E-state index in [1.54, 1.807) is 0 Å². The maximum atomic E-state index is 13.2. The summed E-state index contributed by atoms with van der Waals surface area (Å²) >= 11 is 0. The summed E-state index contributed by atoms with van der Waals surface area (Å²) in [5.41, 5.74) is 1.10. The Morgan fingerprint density at radius 1 is 1.23 bits per heavy atom. The molecule has 2 aliphatic rings. The minimum atomic E-state index is -0.472. The van der Waals surface area contributed by atoms with Crippen LogP contribution in [-0.2, 0) is 14.2 Å². The molecule has 196 valence electrons. The highest BCUT2D eigenvalue weighted by atomic mass is 16.5. The SMILES string of the molecule is CNC1(C[C@H](C)NC(=O)N2CCC[C@@H]([C@@H](OCCNC(=O)OC)c3ccccc3)C2)CCOCC1. The quantitative estimate of drug-likeness (QED) is 0.436. The van der Waals surface area contributed by atoms with Gasteiger partial charge in [-0.2, -0.15) is 0 Å². The lowest BCUT2D eigenvalue weighted by Crippen LogP contribution is -2.54. The number of nitrogens with zero attached hydrogens (tertiary/aromatic N) is 1. The molecule has 1 aromatic carbocycles. The fourth-order valence-corrected chi connectivity index (χ4v) is 5.26. The van der Waals surface area contributed by atoms with Crippen molar-refractivity contribution in [2.75, 3.05) is 53.6 Å². The summed E-state index contributed by atoms with van der Waals surface area (Å²) in [6.07, 6.45) is 4.06. The molecule has 2 heterocycles. The van der Waals surface area contributed by atoms with Crippen molar-refractivity contribution in [3.63, 3.8) is 0 Å². The molecule has 2 saturated heterocycles. The van der Waals surface area contributed by atoms with Crippen LogP contribution in [0.25, 0.3) is 0 Å². The number of ether oxygens (including phenoxy) is 3. The van der Waals surface area contributed by atoms with Gasteiger partial charge in [0, 0.05) is 50.3 Å². The number of likely N-dealkylation sites (tertiary alicyclic amines) is 1. The molecule has 0 radical (unpaired) electrons. The van der Waals surface area contributed by atoms with Gasteiger partial charge in [0.2, 0.25) is 0 Å². The number of nitrogens with one attached hydrogen (secondary N) is 3. The van der Waals surface area contributed by atoms with Gasteiger partial charge in [-0.05, 0) is 51.6 Å². The van der Waals surface area contributed by atoms with E-state index in [4.69, 9.17) is 9.47 Å². The second-order valence-corrected chi connectivity index (χ2v) is 9.67. The lowest BCUT2D eigenvalue weighted by atomic mass is 9.84. The van der Waals surface area contributed by atoms with Crippen LogP contribution in [0.15, 0.2) is 30.3 Å². The normalized spacial score (nSPS) is 21.6. The first-order valence-electron chi connectivity index (χ1n) is 12.8. The predicted molar refractivity (Wildman–Crippen MR) is 134 cm³/mol. The standard InChI is InChI=1S/C26H42N4O5/c1-20(18-26(27-2)11-15-34-16-12-26)29-24(31)30-14-7-10-22(19-30)23(21-8-5-4-6-9-21)35-17-13-28-25(32)33-3/h4-6,8-9,20,22-23,27H,7,10-19H2,1-3H3,(H,28,32)(H,29,31)/t20-,22+,23-/m0/s1. The van der Waals surface area contributed by atoms with Crippen LogP contribution in [0.4, 0.5) is 9.59 Å². The Morgan fingerprint density at radius 3 is 2.66 bits per heavy atom. The first-order valence-corrected chi connectivity index (χ1v) is 12.8. The topological polar surface area (TPSA) is 101 Å². The van der Waals surface area contributed by atoms with Gasteiger partial charge < -0.3 is 35.1 Å². The Balaban J connectivity index is 1.57. The molecule has 1 aromatic rings. The molecule has 0 aromatic heterocycles. The van der Waals surface area contributed by atoms with E-state index in [-0.39, 0.29) is 29.6 Å². The molecular weight excluding hydrogens is 448 g/mol. The molecule has 0 bridgehead atoms. The minimum Gasteiger partial charge on any atom is -0.453 e. The molecule has 0 saturated carbocycles. The molecule has 3 rings (SSSR count). The molecule has 3 atom stereocenters. The Labute approximate surface area is 209 Å². The van der Waals surface area contributed by atoms with Crippen LogP contribution in [0.3, 0.4) is 0 Å². The fraction of sp³-hybridized carbons (Fsp3) is 0.692. The maximum Gasteiger partial charge on any atom is 0.406 e. The number of methoxy groups -OCH3 is 1. The van der Waals surface area contributed by atoms with Crippen molar-refractivity contribution < 1.29 is 23.8 Å². The van der Waals surface area contributed by atoms with Crippen molar-refractivity contribution in [2.45, 2.75) is 56.7 Å². The van der Waals surface area contributed by atoms with Gasteiger partial charge in [-0.1, -0.05) is 30.3 Å². The largest absolute Gasteiger partial charge is 0.453 e. The summed E-state index contributed by atoms with van der Waals surface area (Å²) in [6.45, 7) is 5.70. The van der Waals surface area contributed by atoms with Crippen molar-refractivity contribution in [1.82, 2.24) is 20.9 Å². The summed E-state index contributed by atoms with van der Waals surface area (Å²) in [5, 5.41) is 9.37. The zero-order valence-electron chi connectivity index (χ0n) is 21.4. The van der Waals surface area contributed by atoms with Crippen molar-refractivity contribution >= 4 is 12.1 Å². The zero-order valence-corrected chi connectivity index (χ0v) is 21.4. The second kappa shape index (κ2) is 13.7. The molecule has 0 spiro atoms. The molecule has 0 unspecified atom stereocenters. The highest BCUT2D eigenvalue weighted by Crippen LogP contribution is 2.33. The fourth-order valence-electron chi connectivity index (χ4n) is 5.26. The van der Waals surface area contributed by atoms with E-state index < -0.39 is 6.09 Å². The zero-order chi connectivity index (χ0) is 25.1. The molecule has 3 amide bonds. The monoisotopic (exact) mass is 490 g/mol. The van der Waals surface area contributed by atoms with Crippen molar-refractivity contribution in [2.24, 2.45) is 5.92 Å². The summed E-state index contributed by atoms with van der Waals surface area (Å²) in [7, 11) is 3.34. The Kier molecular flexibility index (Phi) is 10.6. The molecule has 9 nitrogen and oxygen atoms in total. The molecule has 3 N–H and O–H groups in total. The summed E-state index contributed by atoms with van der Waals surface area (Å²) in [5.74, 6) is 0.171. The number of benzene rings is 1. The molecule has 0 aliphatic carbocycles. The number of amides is 3. The van der Waals surface area contributed by atoms with E-state index in [9.17, 15) is 9.59 Å². The van der Waals surface area contributed by atoms with Crippen molar-refractivity contribution in [3.05, 3.63) is 35.9 Å². The number of alkyl carbamates (subject to hydrolysis) is 1. The van der Waals surface area contributed by atoms with E-state index in [0.29, 0.717) is 19.7 Å². The summed E-state index contributed by atoms with van der Waals surface area (Å²) < 4.78 is 16.4. The van der Waals surface area contributed by atoms with Crippen LogP contribution >= 0.6 is 0 Å². The summed E-state index contributed by atoms with van der Waals surface area (Å²) in [4.78, 5) is 26.5. The average Bonchev–Trinajstić information content (AvgIpc) is 2.89. The van der Waals surface area contributed by atoms with Gasteiger partial charge in [0.05, 0.1) is 19.8 Å². The van der Waals surface area contributed by atoms with Gasteiger partial charge in [-0.3, -0.25) is 0 Å². The Hall–Kier alpha value is -2.36. The molecule has 9 heteroatoms. The van der Waals surface area contributed by atoms with Crippen LogP contribution in [0.1, 0.15) is 50.7 Å². The van der Waals surface area contributed by atoms with Crippen molar-refractivity contribution in [1.29, 1.82) is 0 Å². The minimum absolute atomic E-state index is 0.0137. The highest BCUT2D eigenvalue weighted by Gasteiger charge is 2.35. The van der Waals surface area contributed by atoms with E-state index >= 15 is 0 Å². The number of carbonyl (C=O) groups excluding carboxylic acids is 2. The van der Waals surface area contributed by atoms with Gasteiger partial charge in [0.15, 0.2) is 0 Å². The third-order valence-corrected chi connectivity index (χ3v) is 7.20. The number of rotatable bonds is 10. The van der Waals surface area contributed by atoms with E-state index in [2.05, 4.69) is 39.7 Å². The third kappa shape index (κ3) is 8.08. The molecular formula is C26H42N4O5. The van der Waals surface area contributed by atoms with Crippen LogP contribution in [0.2, 0.25) is 0 Å². The lowest BCUT2D eigenvalue weighted by Gasteiger charge is -2.40. The van der Waals surface area contributed by atoms with Gasteiger partial charge in [-0.15, -0.1) is 0 Å². The van der Waals surface area contributed by atoms with Crippen LogP contribution in [0.5, 0.6) is 0 Å². The third-order valence-electron chi connectivity index (χ3n) is 7.20. The number of hydrogen-bond donors (Lipinski definition) is 3. The van der Waals surface area contributed by atoms with Crippen LogP contribution in [-0.4, -0.2) is 82.2 Å². The molecule has 2 aliphatic heterocycles. The van der Waals surface area contributed by atoms with Gasteiger partial charge in [-0.25, -0.2) is 9.59 Å². The van der Waals surface area contributed by atoms with E-state index in [0.717, 1.165) is 57.4 Å². The smallest absolute Gasteiger partial charge is 0.406 e. The van der Waals surface area contributed by atoms with Crippen LogP contribution < -0.4 is 16.0 Å². The Morgan fingerprint density at radius 2 is 1.97 bits per heavy atom. The number of hydrogen-bond acceptors (Lipinski definition) is 6. The van der Waals surface area contributed by atoms with Crippen molar-refractivity contribution in [3.8, 4) is 0 Å². The first kappa shape index (κ1) is 27.2. The lowest BCUT2D eigenvalue weighted by molar-refractivity contribution is -0.00874. The number of urea groups is 1. The van der Waals surface area contributed by atoms with Crippen LogP contribution in [0, 0.1) is 5.92 Å². The van der Waals surface area contributed by atoms with E-state index in [1.807, 2.05) is 30.1 Å². The first-order chi connectivity index (χ1) is 17.0. The Bertz CT molecular complexity index is 787. The van der Waals surface area contributed by atoms with E-state index in [1.165, 1.54) is 7.11 Å². The second-order valence-electron chi connectivity index (χ2n) is 9.67. The molecule has 35 heavy (non-hydrogen) atoms. The van der Waals surface area contributed by atoms with Gasteiger partial charge >= 0.3 is 12.1 Å². The molecule has 2 fully saturated rings. The highest BCUT2D eigenvalue weighted by molar-refractivity contribution is 5.74.